The Morgan fingerprint density at radius 3 is 3.00 bits per heavy atom. The van der Waals surface area contributed by atoms with Gasteiger partial charge in [0.1, 0.15) is 5.75 Å². The third kappa shape index (κ3) is 3.22. The summed E-state index contributed by atoms with van der Waals surface area (Å²) in [5.74, 6) is 1.63. The van der Waals surface area contributed by atoms with E-state index in [1.165, 1.54) is 19.4 Å². The molecule has 0 aliphatic carbocycles. The number of piperidine rings is 1. The normalized spacial score (nSPS) is 22.0. The molecular weight excluding hydrogens is 266 g/mol. The molecule has 1 aromatic carbocycles. The van der Waals surface area contributed by atoms with E-state index in [0.717, 1.165) is 23.4 Å². The van der Waals surface area contributed by atoms with Crippen LogP contribution in [0.25, 0.3) is 0 Å². The first-order valence-electron chi connectivity index (χ1n) is 5.81. The molecule has 1 aliphatic heterocycles. The molecule has 1 saturated heterocycles. The van der Waals surface area contributed by atoms with E-state index in [-0.39, 0.29) is 0 Å². The molecule has 0 spiro atoms. The van der Waals surface area contributed by atoms with Crippen molar-refractivity contribution in [3.8, 4) is 5.75 Å². The Bertz CT molecular complexity index is 342. The number of hydrogen-bond donors (Lipinski definition) is 0. The highest BCUT2D eigenvalue weighted by atomic mass is 79.9. The number of benzene rings is 1. The molecular formula is C13H18BrNO. The van der Waals surface area contributed by atoms with Gasteiger partial charge in [-0.05, 0) is 54.5 Å². The fourth-order valence-electron chi connectivity index (χ4n) is 2.18. The van der Waals surface area contributed by atoms with Gasteiger partial charge in [-0.25, -0.2) is 0 Å². The lowest BCUT2D eigenvalue weighted by molar-refractivity contribution is 0.150. The van der Waals surface area contributed by atoms with Crippen LogP contribution in [0.1, 0.15) is 12.8 Å². The molecule has 3 heteroatoms. The number of likely N-dealkylation sites (tertiary alicyclic amines) is 1. The Balaban J connectivity index is 1.85. The van der Waals surface area contributed by atoms with Gasteiger partial charge in [-0.1, -0.05) is 12.1 Å². The van der Waals surface area contributed by atoms with Crippen LogP contribution in [-0.2, 0) is 0 Å². The molecule has 1 atom stereocenters. The SMILES string of the molecule is CN1CCC[C@H](COc2ccccc2Br)C1. The van der Waals surface area contributed by atoms with Crippen LogP contribution in [-0.4, -0.2) is 31.6 Å². The van der Waals surface area contributed by atoms with Crippen LogP contribution < -0.4 is 4.74 Å². The average Bonchev–Trinajstić information content (AvgIpc) is 2.28. The standard InChI is InChI=1S/C13H18BrNO/c1-15-8-4-5-11(9-15)10-16-13-7-3-2-6-12(13)14/h2-3,6-7,11H,4-5,8-10H2,1H3/t11-/m0/s1. The number of nitrogens with zero attached hydrogens (tertiary/aromatic N) is 1. The summed E-state index contributed by atoms with van der Waals surface area (Å²) >= 11 is 3.50. The predicted octanol–water partition coefficient (Wildman–Crippen LogP) is 3.17. The van der Waals surface area contributed by atoms with Crippen molar-refractivity contribution in [1.29, 1.82) is 0 Å². The molecule has 0 N–H and O–H groups in total. The second kappa shape index (κ2) is 5.69. The van der Waals surface area contributed by atoms with E-state index < -0.39 is 0 Å². The van der Waals surface area contributed by atoms with Gasteiger partial charge in [0.05, 0.1) is 11.1 Å². The molecule has 0 aromatic heterocycles. The Kier molecular flexibility index (Phi) is 4.24. The maximum atomic E-state index is 5.85. The first kappa shape index (κ1) is 11.9. The zero-order valence-electron chi connectivity index (χ0n) is 9.66. The van der Waals surface area contributed by atoms with E-state index in [0.29, 0.717) is 5.92 Å². The minimum absolute atomic E-state index is 0.672. The van der Waals surface area contributed by atoms with Gasteiger partial charge in [0.25, 0.3) is 0 Å². The summed E-state index contributed by atoms with van der Waals surface area (Å²) in [5, 5.41) is 0. The van der Waals surface area contributed by atoms with Gasteiger partial charge in [0.15, 0.2) is 0 Å². The third-order valence-corrected chi connectivity index (χ3v) is 3.69. The van der Waals surface area contributed by atoms with Crippen molar-refractivity contribution < 1.29 is 4.74 Å². The van der Waals surface area contributed by atoms with Gasteiger partial charge in [-0.2, -0.15) is 0 Å². The van der Waals surface area contributed by atoms with E-state index in [1.807, 2.05) is 24.3 Å². The molecule has 0 unspecified atom stereocenters. The molecule has 2 rings (SSSR count). The van der Waals surface area contributed by atoms with Crippen LogP contribution in [0.3, 0.4) is 0 Å². The minimum atomic E-state index is 0.672. The van der Waals surface area contributed by atoms with Gasteiger partial charge in [-0.3, -0.25) is 0 Å². The molecule has 1 heterocycles. The van der Waals surface area contributed by atoms with E-state index in [1.54, 1.807) is 0 Å². The highest BCUT2D eigenvalue weighted by molar-refractivity contribution is 9.10. The maximum absolute atomic E-state index is 5.85. The van der Waals surface area contributed by atoms with Crippen LogP contribution in [0, 0.1) is 5.92 Å². The lowest BCUT2D eigenvalue weighted by Crippen LogP contribution is -2.34. The van der Waals surface area contributed by atoms with Crippen molar-refractivity contribution >= 4 is 15.9 Å². The average molecular weight is 284 g/mol. The topological polar surface area (TPSA) is 12.5 Å². The van der Waals surface area contributed by atoms with Crippen molar-refractivity contribution in [3.05, 3.63) is 28.7 Å². The van der Waals surface area contributed by atoms with Crippen molar-refractivity contribution in [3.63, 3.8) is 0 Å². The molecule has 2 nitrogen and oxygen atoms in total. The van der Waals surface area contributed by atoms with Gasteiger partial charge < -0.3 is 9.64 Å². The fraction of sp³-hybridized carbons (Fsp3) is 0.538. The molecule has 88 valence electrons. The van der Waals surface area contributed by atoms with Gasteiger partial charge >= 0.3 is 0 Å². The fourth-order valence-corrected chi connectivity index (χ4v) is 2.58. The summed E-state index contributed by atoms with van der Waals surface area (Å²) in [7, 11) is 2.19. The lowest BCUT2D eigenvalue weighted by atomic mass is 10.00. The monoisotopic (exact) mass is 283 g/mol. The Labute approximate surface area is 106 Å². The number of halogens is 1. The Morgan fingerprint density at radius 2 is 2.25 bits per heavy atom. The van der Waals surface area contributed by atoms with Gasteiger partial charge in [0, 0.05) is 12.5 Å². The number of ether oxygens (including phenoxy) is 1. The van der Waals surface area contributed by atoms with Crippen molar-refractivity contribution in [2.24, 2.45) is 5.92 Å². The highest BCUT2D eigenvalue weighted by Gasteiger charge is 2.17. The summed E-state index contributed by atoms with van der Waals surface area (Å²) in [4.78, 5) is 2.39. The largest absolute Gasteiger partial charge is 0.492 e. The second-order valence-corrected chi connectivity index (χ2v) is 5.37. The van der Waals surface area contributed by atoms with Gasteiger partial charge in [0.2, 0.25) is 0 Å². The van der Waals surface area contributed by atoms with Crippen molar-refractivity contribution in [2.45, 2.75) is 12.8 Å². The maximum Gasteiger partial charge on any atom is 0.133 e. The highest BCUT2D eigenvalue weighted by Crippen LogP contribution is 2.25. The molecule has 0 amide bonds. The van der Waals surface area contributed by atoms with E-state index >= 15 is 0 Å². The summed E-state index contributed by atoms with van der Waals surface area (Å²) < 4.78 is 6.89. The van der Waals surface area contributed by atoms with Crippen LogP contribution in [0.4, 0.5) is 0 Å². The molecule has 0 radical (unpaired) electrons. The third-order valence-electron chi connectivity index (χ3n) is 3.03. The molecule has 1 aliphatic rings. The predicted molar refractivity (Wildman–Crippen MR) is 69.9 cm³/mol. The van der Waals surface area contributed by atoms with Crippen LogP contribution in [0.5, 0.6) is 5.75 Å². The van der Waals surface area contributed by atoms with E-state index in [2.05, 4.69) is 27.9 Å². The molecule has 1 aromatic rings. The quantitative estimate of drug-likeness (QED) is 0.845. The summed E-state index contributed by atoms with van der Waals surface area (Å²) in [6.45, 7) is 3.21. The minimum Gasteiger partial charge on any atom is -0.492 e. The summed E-state index contributed by atoms with van der Waals surface area (Å²) in [5.41, 5.74) is 0. The first-order chi connectivity index (χ1) is 7.75. The Hall–Kier alpha value is -0.540. The number of rotatable bonds is 3. The van der Waals surface area contributed by atoms with E-state index in [4.69, 9.17) is 4.74 Å². The Morgan fingerprint density at radius 1 is 1.44 bits per heavy atom. The number of para-hydroxylation sites is 1. The zero-order chi connectivity index (χ0) is 11.4. The smallest absolute Gasteiger partial charge is 0.133 e. The second-order valence-electron chi connectivity index (χ2n) is 4.51. The van der Waals surface area contributed by atoms with Crippen LogP contribution in [0.2, 0.25) is 0 Å². The number of hydrogen-bond acceptors (Lipinski definition) is 2. The van der Waals surface area contributed by atoms with Crippen molar-refractivity contribution in [2.75, 3.05) is 26.7 Å². The molecule has 1 fully saturated rings. The van der Waals surface area contributed by atoms with Crippen LogP contribution >= 0.6 is 15.9 Å². The van der Waals surface area contributed by atoms with E-state index in [9.17, 15) is 0 Å². The first-order valence-corrected chi connectivity index (χ1v) is 6.61. The summed E-state index contributed by atoms with van der Waals surface area (Å²) in [6, 6.07) is 8.04. The zero-order valence-corrected chi connectivity index (χ0v) is 11.2. The lowest BCUT2D eigenvalue weighted by Gasteiger charge is -2.29. The van der Waals surface area contributed by atoms with Crippen molar-refractivity contribution in [1.82, 2.24) is 4.90 Å². The summed E-state index contributed by atoms with van der Waals surface area (Å²) in [6.07, 6.45) is 2.58. The molecule has 16 heavy (non-hydrogen) atoms. The molecule has 0 saturated carbocycles. The molecule has 0 bridgehead atoms. The van der Waals surface area contributed by atoms with Crippen LogP contribution in [0.15, 0.2) is 28.7 Å². The van der Waals surface area contributed by atoms with Gasteiger partial charge in [-0.15, -0.1) is 0 Å².